The summed E-state index contributed by atoms with van der Waals surface area (Å²) in [6, 6.07) is 64.1. The third-order valence-electron chi connectivity index (χ3n) is 11.0. The number of hydrogen-bond acceptors (Lipinski definition) is 4. The highest BCUT2D eigenvalue weighted by atomic mass is 32.1. The first-order valence-corrected chi connectivity index (χ1v) is 19.9. The molecule has 0 saturated heterocycles. The topological polar surface area (TPSA) is 16.4 Å². The summed E-state index contributed by atoms with van der Waals surface area (Å²) < 4.78 is 11.7. The molecule has 0 atom stereocenters. The molecule has 3 heterocycles. The zero-order chi connectivity index (χ0) is 35.3. The Kier molecular flexibility index (Phi) is 6.41. The first-order valence-electron chi connectivity index (χ1n) is 18.2. The highest BCUT2D eigenvalue weighted by Gasteiger charge is 2.22. The molecular weight excluding hydrogens is 695 g/mol. The van der Waals surface area contributed by atoms with Gasteiger partial charge in [0.1, 0.15) is 11.2 Å². The van der Waals surface area contributed by atoms with Crippen LogP contribution in [0.4, 0.5) is 17.1 Å². The molecule has 12 aromatic rings. The molecule has 0 aliphatic heterocycles. The highest BCUT2D eigenvalue weighted by molar-refractivity contribution is 7.28. The van der Waals surface area contributed by atoms with E-state index in [1.165, 1.54) is 73.0 Å². The van der Waals surface area contributed by atoms with E-state index in [4.69, 9.17) is 4.42 Å². The molecule has 0 saturated carbocycles. The lowest BCUT2D eigenvalue weighted by Gasteiger charge is -2.26. The molecule has 3 aromatic heterocycles. The SMILES string of the molecule is c1ccc2c(-c3ccc(N(c4ccc5sc6ccc7sc8c9ccccc9ccc8c7c6c5c4)c4cccc5oc6ccccc6c45)cc3)cccc2c1. The molecule has 0 spiro atoms. The molecular formula is C50H29NOS2. The minimum Gasteiger partial charge on any atom is -0.456 e. The van der Waals surface area contributed by atoms with Gasteiger partial charge in [0.25, 0.3) is 0 Å². The van der Waals surface area contributed by atoms with E-state index >= 15 is 0 Å². The third-order valence-corrected chi connectivity index (χ3v) is 13.4. The number of fused-ring (bicyclic) bond motifs is 13. The van der Waals surface area contributed by atoms with Gasteiger partial charge < -0.3 is 9.32 Å². The smallest absolute Gasteiger partial charge is 0.137 e. The van der Waals surface area contributed by atoms with Crippen LogP contribution in [0, 0.1) is 0 Å². The number of nitrogens with zero attached hydrogens (tertiary/aromatic N) is 1. The summed E-state index contributed by atoms with van der Waals surface area (Å²) in [4.78, 5) is 2.42. The molecule has 0 amide bonds. The summed E-state index contributed by atoms with van der Waals surface area (Å²) in [5.41, 5.74) is 7.50. The Balaban J connectivity index is 1.11. The van der Waals surface area contributed by atoms with Gasteiger partial charge in [-0.2, -0.15) is 0 Å². The quantitative estimate of drug-likeness (QED) is 0.180. The van der Waals surface area contributed by atoms with Gasteiger partial charge in [-0.15, -0.1) is 22.7 Å². The predicted molar refractivity (Wildman–Crippen MR) is 235 cm³/mol. The van der Waals surface area contributed by atoms with Crippen LogP contribution in [0.3, 0.4) is 0 Å². The lowest BCUT2D eigenvalue weighted by Crippen LogP contribution is -2.10. The van der Waals surface area contributed by atoms with Gasteiger partial charge in [0, 0.05) is 57.1 Å². The van der Waals surface area contributed by atoms with Crippen molar-refractivity contribution in [1.29, 1.82) is 0 Å². The molecule has 252 valence electrons. The van der Waals surface area contributed by atoms with Crippen molar-refractivity contribution in [2.45, 2.75) is 0 Å². The summed E-state index contributed by atoms with van der Waals surface area (Å²) in [6.45, 7) is 0. The van der Waals surface area contributed by atoms with Crippen molar-refractivity contribution in [3.8, 4) is 11.1 Å². The molecule has 0 radical (unpaired) electrons. The summed E-state index contributed by atoms with van der Waals surface area (Å²) >= 11 is 3.79. The van der Waals surface area contributed by atoms with Crippen LogP contribution in [0.1, 0.15) is 0 Å². The van der Waals surface area contributed by atoms with Crippen LogP contribution < -0.4 is 4.90 Å². The van der Waals surface area contributed by atoms with Gasteiger partial charge in [0.05, 0.1) is 11.1 Å². The first-order chi connectivity index (χ1) is 26.8. The van der Waals surface area contributed by atoms with E-state index in [0.29, 0.717) is 0 Å². The van der Waals surface area contributed by atoms with Crippen LogP contribution in [0.5, 0.6) is 0 Å². The van der Waals surface area contributed by atoms with E-state index in [9.17, 15) is 0 Å². The Bertz CT molecular complexity index is 3450. The standard InChI is InChI=1S/C50H29NOS2/c1-3-12-35-30(9-1)11-7-15-36(35)32-19-22-33(23-20-32)51(41-16-8-18-43-47(41)38-14-5-6-17-42(38)52-43)34-24-26-44-40(29-34)49-45(53-44)27-28-46-48(49)39-25-21-31-10-2-4-13-37(31)50(39)54-46/h1-29H. The molecule has 54 heavy (non-hydrogen) atoms. The fourth-order valence-electron chi connectivity index (χ4n) is 8.63. The van der Waals surface area contributed by atoms with Crippen molar-refractivity contribution in [3.63, 3.8) is 0 Å². The number of furan rings is 1. The Morgan fingerprint density at radius 3 is 1.91 bits per heavy atom. The van der Waals surface area contributed by atoms with E-state index in [1.807, 2.05) is 28.7 Å². The van der Waals surface area contributed by atoms with E-state index in [2.05, 4.69) is 175 Å². The van der Waals surface area contributed by atoms with Gasteiger partial charge >= 0.3 is 0 Å². The lowest BCUT2D eigenvalue weighted by molar-refractivity contribution is 0.669. The van der Waals surface area contributed by atoms with Crippen LogP contribution in [0.25, 0.3) is 95.0 Å². The Hall–Kier alpha value is -6.46. The minimum absolute atomic E-state index is 0.881. The largest absolute Gasteiger partial charge is 0.456 e. The molecule has 0 aliphatic rings. The third kappa shape index (κ3) is 4.38. The van der Waals surface area contributed by atoms with E-state index in [-0.39, 0.29) is 0 Å². The Morgan fingerprint density at radius 1 is 0.389 bits per heavy atom. The fraction of sp³-hybridized carbons (Fsp3) is 0. The predicted octanol–water partition coefficient (Wildman–Crippen LogP) is 15.8. The number of para-hydroxylation sites is 1. The molecule has 2 nitrogen and oxygen atoms in total. The average molecular weight is 724 g/mol. The zero-order valence-electron chi connectivity index (χ0n) is 28.9. The number of thiophene rings is 2. The van der Waals surface area contributed by atoms with E-state index in [0.717, 1.165) is 39.0 Å². The van der Waals surface area contributed by atoms with Crippen molar-refractivity contribution in [2.75, 3.05) is 4.90 Å². The molecule has 4 heteroatoms. The normalized spacial score (nSPS) is 12.1. The Morgan fingerprint density at radius 2 is 1.04 bits per heavy atom. The maximum absolute atomic E-state index is 6.44. The molecule has 0 N–H and O–H groups in total. The fourth-order valence-corrected chi connectivity index (χ4v) is 11.0. The van der Waals surface area contributed by atoms with Crippen LogP contribution >= 0.6 is 22.7 Å². The maximum atomic E-state index is 6.44. The summed E-state index contributed by atoms with van der Waals surface area (Å²) in [7, 11) is 0. The maximum Gasteiger partial charge on any atom is 0.137 e. The van der Waals surface area contributed by atoms with Crippen LogP contribution in [-0.2, 0) is 0 Å². The van der Waals surface area contributed by atoms with Gasteiger partial charge in [0.2, 0.25) is 0 Å². The molecule has 9 aromatic carbocycles. The second-order valence-corrected chi connectivity index (χ2v) is 16.2. The van der Waals surface area contributed by atoms with E-state index in [1.54, 1.807) is 0 Å². The monoisotopic (exact) mass is 723 g/mol. The second kappa shape index (κ2) is 11.5. The summed E-state index contributed by atoms with van der Waals surface area (Å²) in [5, 5.41) is 12.7. The van der Waals surface area contributed by atoms with Crippen LogP contribution in [-0.4, -0.2) is 0 Å². The first kappa shape index (κ1) is 30.0. The van der Waals surface area contributed by atoms with Gasteiger partial charge in [-0.1, -0.05) is 115 Å². The number of rotatable bonds is 4. The summed E-state index contributed by atoms with van der Waals surface area (Å²) in [5.74, 6) is 0. The molecule has 0 aliphatic carbocycles. The number of benzene rings is 9. The van der Waals surface area contributed by atoms with Crippen molar-refractivity contribution >= 4 is 124 Å². The van der Waals surface area contributed by atoms with Gasteiger partial charge in [-0.25, -0.2) is 0 Å². The molecule has 0 bridgehead atoms. The Labute approximate surface area is 318 Å². The zero-order valence-corrected chi connectivity index (χ0v) is 30.5. The summed E-state index contributed by atoms with van der Waals surface area (Å²) in [6.07, 6.45) is 0. The molecule has 0 unspecified atom stereocenters. The van der Waals surface area contributed by atoms with Crippen molar-refractivity contribution < 1.29 is 4.42 Å². The highest BCUT2D eigenvalue weighted by Crippen LogP contribution is 2.49. The van der Waals surface area contributed by atoms with Gasteiger partial charge in [0.15, 0.2) is 0 Å². The van der Waals surface area contributed by atoms with Crippen molar-refractivity contribution in [3.05, 3.63) is 176 Å². The second-order valence-electron chi connectivity index (χ2n) is 14.0. The van der Waals surface area contributed by atoms with E-state index < -0.39 is 0 Å². The molecule has 0 fully saturated rings. The van der Waals surface area contributed by atoms with Crippen LogP contribution in [0.2, 0.25) is 0 Å². The van der Waals surface area contributed by atoms with Crippen molar-refractivity contribution in [2.24, 2.45) is 0 Å². The van der Waals surface area contributed by atoms with Gasteiger partial charge in [-0.05, 0) is 93.3 Å². The van der Waals surface area contributed by atoms with Gasteiger partial charge in [-0.3, -0.25) is 0 Å². The number of anilines is 3. The number of hydrogen-bond donors (Lipinski definition) is 0. The minimum atomic E-state index is 0.881. The lowest BCUT2D eigenvalue weighted by atomic mass is 9.98. The average Bonchev–Trinajstić information content (AvgIpc) is 3.92. The van der Waals surface area contributed by atoms with Crippen molar-refractivity contribution in [1.82, 2.24) is 0 Å². The molecule has 12 rings (SSSR count). The van der Waals surface area contributed by atoms with Crippen LogP contribution in [0.15, 0.2) is 180 Å².